The van der Waals surface area contributed by atoms with E-state index in [1.165, 1.54) is 6.07 Å². The molecule has 0 saturated carbocycles. The van der Waals surface area contributed by atoms with Crippen LogP contribution in [0.5, 0.6) is 0 Å². The summed E-state index contributed by atoms with van der Waals surface area (Å²) in [6, 6.07) is 8.73. The molecule has 0 aliphatic heterocycles. The zero-order valence-corrected chi connectivity index (χ0v) is 10.5. The van der Waals surface area contributed by atoms with Gasteiger partial charge in [0.05, 0.1) is 5.56 Å². The second-order valence-corrected chi connectivity index (χ2v) is 4.39. The van der Waals surface area contributed by atoms with Crippen LogP contribution in [0.4, 0.5) is 17.6 Å². The van der Waals surface area contributed by atoms with Gasteiger partial charge in [0.2, 0.25) is 0 Å². The highest BCUT2D eigenvalue weighted by Gasteiger charge is 2.34. The lowest BCUT2D eigenvalue weighted by Gasteiger charge is -2.10. The molecule has 1 nitrogen and oxygen atoms in total. The van der Waals surface area contributed by atoms with Gasteiger partial charge in [-0.05, 0) is 31.2 Å². The molecule has 2 rings (SSSR count). The van der Waals surface area contributed by atoms with Gasteiger partial charge in [0.25, 0.3) is 0 Å². The average molecular weight is 282 g/mol. The molecule has 5 heteroatoms. The van der Waals surface area contributed by atoms with Crippen LogP contribution in [-0.2, 0) is 6.18 Å². The van der Waals surface area contributed by atoms with E-state index in [2.05, 4.69) is 0 Å². The van der Waals surface area contributed by atoms with Gasteiger partial charge in [-0.2, -0.15) is 13.2 Å². The Labute approximate surface area is 112 Å². The molecule has 0 aliphatic rings. The Kier molecular flexibility index (Phi) is 3.61. The van der Waals surface area contributed by atoms with E-state index in [0.717, 1.165) is 11.6 Å². The second-order valence-electron chi connectivity index (χ2n) is 4.39. The molecule has 0 radical (unpaired) electrons. The molecule has 0 unspecified atom stereocenters. The van der Waals surface area contributed by atoms with Crippen molar-refractivity contribution in [3.05, 3.63) is 70.5 Å². The molecule has 0 spiro atoms. The van der Waals surface area contributed by atoms with Crippen molar-refractivity contribution in [3.63, 3.8) is 0 Å². The monoisotopic (exact) mass is 282 g/mol. The van der Waals surface area contributed by atoms with E-state index in [0.29, 0.717) is 12.1 Å². The fraction of sp³-hybridized carbons (Fsp3) is 0.133. The van der Waals surface area contributed by atoms with E-state index < -0.39 is 23.3 Å². The van der Waals surface area contributed by atoms with Crippen LogP contribution < -0.4 is 0 Å². The van der Waals surface area contributed by atoms with Crippen molar-refractivity contribution < 1.29 is 22.4 Å². The molecule has 104 valence electrons. The van der Waals surface area contributed by atoms with Crippen LogP contribution in [0.2, 0.25) is 0 Å². The summed E-state index contributed by atoms with van der Waals surface area (Å²) in [6.07, 6.45) is -4.83. The number of hydrogen-bond donors (Lipinski definition) is 0. The molecule has 0 heterocycles. The molecule has 2 aromatic carbocycles. The molecule has 0 saturated heterocycles. The number of benzene rings is 2. The minimum absolute atomic E-state index is 0.190. The van der Waals surface area contributed by atoms with Crippen LogP contribution in [0.3, 0.4) is 0 Å². The van der Waals surface area contributed by atoms with Gasteiger partial charge >= 0.3 is 6.18 Å². The van der Waals surface area contributed by atoms with Gasteiger partial charge in [0.1, 0.15) is 5.82 Å². The van der Waals surface area contributed by atoms with Crippen molar-refractivity contribution in [3.8, 4) is 0 Å². The Hall–Kier alpha value is -2.17. The summed E-state index contributed by atoms with van der Waals surface area (Å²) < 4.78 is 51.0. The largest absolute Gasteiger partial charge is 0.419 e. The molecular formula is C15H10F4O. The SMILES string of the molecule is Cc1cccc(C(=O)c2ccc(F)c(C(F)(F)F)c2)c1. The molecule has 2 aromatic rings. The van der Waals surface area contributed by atoms with Crippen molar-refractivity contribution in [2.24, 2.45) is 0 Å². The van der Waals surface area contributed by atoms with Crippen molar-refractivity contribution in [1.29, 1.82) is 0 Å². The van der Waals surface area contributed by atoms with Crippen LogP contribution >= 0.6 is 0 Å². The standard InChI is InChI=1S/C15H10F4O/c1-9-3-2-4-10(7-9)14(20)11-5-6-13(16)12(8-11)15(17,18)19/h2-8H,1H3. The summed E-state index contributed by atoms with van der Waals surface area (Å²) in [5, 5.41) is 0. The van der Waals surface area contributed by atoms with Gasteiger partial charge in [-0.3, -0.25) is 4.79 Å². The quantitative estimate of drug-likeness (QED) is 0.590. The highest BCUT2D eigenvalue weighted by molar-refractivity contribution is 6.09. The van der Waals surface area contributed by atoms with Crippen molar-refractivity contribution in [2.75, 3.05) is 0 Å². The van der Waals surface area contributed by atoms with E-state index in [4.69, 9.17) is 0 Å². The Bertz CT molecular complexity index is 659. The summed E-state index contributed by atoms with van der Waals surface area (Å²) in [5.74, 6) is -1.96. The van der Waals surface area contributed by atoms with Crippen molar-refractivity contribution in [1.82, 2.24) is 0 Å². The first-order valence-electron chi connectivity index (χ1n) is 5.77. The summed E-state index contributed by atoms with van der Waals surface area (Å²) in [7, 11) is 0. The van der Waals surface area contributed by atoms with Gasteiger partial charge in [-0.1, -0.05) is 23.8 Å². The number of alkyl halides is 3. The number of halogens is 4. The molecule has 0 amide bonds. The first kappa shape index (κ1) is 14.2. The highest BCUT2D eigenvalue weighted by atomic mass is 19.4. The number of hydrogen-bond acceptors (Lipinski definition) is 1. The summed E-state index contributed by atoms with van der Waals surface area (Å²) >= 11 is 0. The molecule has 0 N–H and O–H groups in total. The maximum Gasteiger partial charge on any atom is 0.419 e. The van der Waals surface area contributed by atoms with Crippen LogP contribution in [0, 0.1) is 12.7 Å². The van der Waals surface area contributed by atoms with Gasteiger partial charge in [-0.25, -0.2) is 4.39 Å². The van der Waals surface area contributed by atoms with Crippen LogP contribution in [0.25, 0.3) is 0 Å². The number of ketones is 1. The number of aryl methyl sites for hydroxylation is 1. The molecule has 0 bridgehead atoms. The first-order chi connectivity index (χ1) is 9.29. The van der Waals surface area contributed by atoms with E-state index in [-0.39, 0.29) is 11.1 Å². The minimum Gasteiger partial charge on any atom is -0.289 e. The van der Waals surface area contributed by atoms with Crippen molar-refractivity contribution in [2.45, 2.75) is 13.1 Å². The summed E-state index contributed by atoms with van der Waals surface area (Å²) in [6.45, 7) is 1.77. The zero-order valence-electron chi connectivity index (χ0n) is 10.5. The predicted molar refractivity (Wildman–Crippen MR) is 66.0 cm³/mol. The summed E-state index contributed by atoms with van der Waals surface area (Å²) in [4.78, 5) is 12.1. The maximum absolute atomic E-state index is 13.2. The summed E-state index contributed by atoms with van der Waals surface area (Å²) in [5.41, 5.74) is -0.543. The van der Waals surface area contributed by atoms with E-state index >= 15 is 0 Å². The van der Waals surface area contributed by atoms with Gasteiger partial charge in [0, 0.05) is 11.1 Å². The van der Waals surface area contributed by atoms with E-state index in [9.17, 15) is 22.4 Å². The Morgan fingerprint density at radius 3 is 2.25 bits per heavy atom. The lowest BCUT2D eigenvalue weighted by molar-refractivity contribution is -0.140. The lowest BCUT2D eigenvalue weighted by Crippen LogP contribution is -2.11. The Morgan fingerprint density at radius 2 is 1.65 bits per heavy atom. The highest BCUT2D eigenvalue weighted by Crippen LogP contribution is 2.32. The second kappa shape index (κ2) is 5.07. The molecule has 0 aromatic heterocycles. The van der Waals surface area contributed by atoms with Crippen LogP contribution in [0.15, 0.2) is 42.5 Å². The third-order valence-corrected chi connectivity index (χ3v) is 2.81. The predicted octanol–water partition coefficient (Wildman–Crippen LogP) is 4.38. The lowest BCUT2D eigenvalue weighted by atomic mass is 9.99. The Balaban J connectivity index is 2.46. The van der Waals surface area contributed by atoms with Crippen molar-refractivity contribution >= 4 is 5.78 Å². The van der Waals surface area contributed by atoms with Gasteiger partial charge in [0.15, 0.2) is 5.78 Å². The third-order valence-electron chi connectivity index (χ3n) is 2.81. The van der Waals surface area contributed by atoms with Gasteiger partial charge < -0.3 is 0 Å². The maximum atomic E-state index is 13.2. The molecule has 20 heavy (non-hydrogen) atoms. The molecular weight excluding hydrogens is 272 g/mol. The van der Waals surface area contributed by atoms with E-state index in [1.54, 1.807) is 25.1 Å². The fourth-order valence-corrected chi connectivity index (χ4v) is 1.84. The molecule has 0 fully saturated rings. The smallest absolute Gasteiger partial charge is 0.289 e. The third kappa shape index (κ3) is 2.87. The number of carbonyl (C=O) groups excluding carboxylic acids is 1. The van der Waals surface area contributed by atoms with Gasteiger partial charge in [-0.15, -0.1) is 0 Å². The molecule has 0 aliphatic carbocycles. The van der Waals surface area contributed by atoms with E-state index in [1.807, 2.05) is 0 Å². The number of carbonyl (C=O) groups is 1. The molecule has 0 atom stereocenters. The van der Waals surface area contributed by atoms with Crippen LogP contribution in [0.1, 0.15) is 27.0 Å². The van der Waals surface area contributed by atoms with Crippen LogP contribution in [-0.4, -0.2) is 5.78 Å². The Morgan fingerprint density at radius 1 is 1.00 bits per heavy atom. The first-order valence-corrected chi connectivity index (χ1v) is 5.77. The minimum atomic E-state index is -4.83. The normalized spacial score (nSPS) is 11.4. The zero-order chi connectivity index (χ0) is 14.9. The topological polar surface area (TPSA) is 17.1 Å². The fourth-order valence-electron chi connectivity index (χ4n) is 1.84. The average Bonchev–Trinajstić information content (AvgIpc) is 2.37. The number of rotatable bonds is 2.